The van der Waals surface area contributed by atoms with Crippen molar-refractivity contribution in [2.75, 3.05) is 13.2 Å². The van der Waals surface area contributed by atoms with Gasteiger partial charge in [0.1, 0.15) is 6.61 Å². The SMILES string of the molecule is CCCCCCCCCC/C=C\CCCCCCCCCCCCCCCCCCCCCCCCCCCCCC(=O)OC(CO)COC(=O)CCCCCCCCCCCCCCCCCCCCCCCCCCCCCCCCCCCCC. The van der Waals surface area contributed by atoms with Crippen molar-refractivity contribution in [3.8, 4) is 0 Å². The molecule has 0 saturated carbocycles. The normalized spacial score (nSPS) is 12.1. The lowest BCUT2D eigenvalue weighted by atomic mass is 10.0. The maximum Gasteiger partial charge on any atom is 0.306 e. The van der Waals surface area contributed by atoms with E-state index in [0.717, 1.165) is 32.1 Å². The molecule has 0 fully saturated rings. The Labute approximate surface area is 553 Å². The maximum absolute atomic E-state index is 12.4. The van der Waals surface area contributed by atoms with E-state index in [1.165, 1.54) is 430 Å². The summed E-state index contributed by atoms with van der Waals surface area (Å²) in [5.41, 5.74) is 0. The topological polar surface area (TPSA) is 72.8 Å². The maximum atomic E-state index is 12.4. The first-order valence-electron chi connectivity index (χ1n) is 41.2. The fraction of sp³-hybridized carbons (Fsp3) is 0.952. The van der Waals surface area contributed by atoms with Gasteiger partial charge in [-0.05, 0) is 38.5 Å². The molecular formula is C83H162O5. The molecule has 0 rings (SSSR count). The van der Waals surface area contributed by atoms with Gasteiger partial charge in [-0.2, -0.15) is 0 Å². The summed E-state index contributed by atoms with van der Waals surface area (Å²) in [6.45, 7) is 4.23. The van der Waals surface area contributed by atoms with Crippen molar-refractivity contribution in [2.24, 2.45) is 0 Å². The molecule has 0 aliphatic heterocycles. The van der Waals surface area contributed by atoms with Gasteiger partial charge in [0.25, 0.3) is 0 Å². The molecule has 0 amide bonds. The summed E-state index contributed by atoms with van der Waals surface area (Å²) in [7, 11) is 0. The molecule has 0 radical (unpaired) electrons. The lowest BCUT2D eigenvalue weighted by molar-refractivity contribution is -0.161. The predicted octanol–water partition coefficient (Wildman–Crippen LogP) is 28.9. The van der Waals surface area contributed by atoms with Crippen LogP contribution in [0.5, 0.6) is 0 Å². The Morgan fingerprint density at radius 2 is 0.420 bits per heavy atom. The van der Waals surface area contributed by atoms with Gasteiger partial charge >= 0.3 is 11.9 Å². The van der Waals surface area contributed by atoms with E-state index in [1.54, 1.807) is 0 Å². The van der Waals surface area contributed by atoms with E-state index in [1.807, 2.05) is 0 Å². The first kappa shape index (κ1) is 86.6. The minimum Gasteiger partial charge on any atom is -0.462 e. The van der Waals surface area contributed by atoms with E-state index in [-0.39, 0.29) is 25.2 Å². The molecule has 5 nitrogen and oxygen atoms in total. The van der Waals surface area contributed by atoms with Gasteiger partial charge in [0, 0.05) is 12.8 Å². The van der Waals surface area contributed by atoms with Crippen LogP contribution in [0.25, 0.3) is 0 Å². The molecule has 524 valence electrons. The van der Waals surface area contributed by atoms with Crippen LogP contribution in [0.3, 0.4) is 0 Å². The second-order valence-corrected chi connectivity index (χ2v) is 28.6. The van der Waals surface area contributed by atoms with Crippen LogP contribution in [-0.2, 0) is 19.1 Å². The average molecular weight is 1240 g/mol. The summed E-state index contributed by atoms with van der Waals surface area (Å²) in [4.78, 5) is 24.7. The van der Waals surface area contributed by atoms with Crippen molar-refractivity contribution >= 4 is 11.9 Å². The lowest BCUT2D eigenvalue weighted by Gasteiger charge is -2.15. The zero-order chi connectivity index (χ0) is 63.3. The van der Waals surface area contributed by atoms with Gasteiger partial charge in [-0.15, -0.1) is 0 Å². The first-order chi connectivity index (χ1) is 43.6. The number of rotatable bonds is 79. The summed E-state index contributed by atoms with van der Waals surface area (Å²) in [5, 5.41) is 9.73. The number of hydrogen-bond donors (Lipinski definition) is 1. The highest BCUT2D eigenvalue weighted by Gasteiger charge is 2.16. The molecule has 0 aromatic heterocycles. The Kier molecular flexibility index (Phi) is 78.6. The van der Waals surface area contributed by atoms with Gasteiger partial charge in [-0.3, -0.25) is 9.59 Å². The van der Waals surface area contributed by atoms with Crippen molar-refractivity contribution in [2.45, 2.75) is 495 Å². The number of unbranched alkanes of at least 4 members (excludes halogenated alkanes) is 69. The molecule has 0 heterocycles. The number of aliphatic hydroxyl groups is 1. The van der Waals surface area contributed by atoms with Crippen molar-refractivity contribution < 1.29 is 24.2 Å². The molecule has 0 aliphatic rings. The Morgan fingerprint density at radius 3 is 0.614 bits per heavy atom. The third kappa shape index (κ3) is 77.1. The van der Waals surface area contributed by atoms with Gasteiger partial charge in [0.2, 0.25) is 0 Å². The van der Waals surface area contributed by atoms with Crippen LogP contribution in [0.1, 0.15) is 489 Å². The summed E-state index contributed by atoms with van der Waals surface area (Å²) >= 11 is 0. The second kappa shape index (κ2) is 79.9. The third-order valence-electron chi connectivity index (χ3n) is 19.6. The highest BCUT2D eigenvalue weighted by atomic mass is 16.6. The molecular weight excluding hydrogens is 1080 g/mol. The van der Waals surface area contributed by atoms with E-state index in [0.29, 0.717) is 12.8 Å². The van der Waals surface area contributed by atoms with Gasteiger partial charge in [0.15, 0.2) is 6.10 Å². The standard InChI is InChI=1S/C83H162O5/c1-3-5-7-9-11-13-15-17-19-21-23-25-27-29-31-33-35-37-39-40-41-42-44-46-48-50-52-54-56-58-60-62-64-66-68-70-72-74-76-78-83(86)88-81(79-84)80-87-82(85)77-75-73-71-69-67-65-63-61-59-57-55-53-51-49-47-45-43-38-36-34-32-30-28-26-24-22-20-18-16-14-12-10-8-6-4-2/h21,23,81,84H,3-20,22,24-80H2,1-2H3/b23-21-. The van der Waals surface area contributed by atoms with Crippen LogP contribution in [-0.4, -0.2) is 36.4 Å². The fourth-order valence-corrected chi connectivity index (χ4v) is 13.4. The number of allylic oxidation sites excluding steroid dienone is 2. The summed E-state index contributed by atoms with van der Waals surface area (Å²) in [5.74, 6) is -0.556. The Balaban J connectivity index is 3.33. The first-order valence-corrected chi connectivity index (χ1v) is 41.2. The van der Waals surface area contributed by atoms with E-state index in [4.69, 9.17) is 9.47 Å². The Bertz CT molecular complexity index is 1310. The van der Waals surface area contributed by atoms with Crippen molar-refractivity contribution in [3.63, 3.8) is 0 Å². The average Bonchev–Trinajstić information content (AvgIpc) is 3.54. The van der Waals surface area contributed by atoms with Crippen molar-refractivity contribution in [3.05, 3.63) is 12.2 Å². The smallest absolute Gasteiger partial charge is 0.306 e. The number of carbonyl (C=O) groups is 2. The number of ether oxygens (including phenoxy) is 2. The van der Waals surface area contributed by atoms with Crippen LogP contribution >= 0.6 is 0 Å². The van der Waals surface area contributed by atoms with E-state index in [2.05, 4.69) is 26.0 Å². The molecule has 5 heteroatoms. The van der Waals surface area contributed by atoms with Gasteiger partial charge in [-0.1, -0.05) is 450 Å². The van der Waals surface area contributed by atoms with E-state index < -0.39 is 6.10 Å². The number of aliphatic hydroxyl groups excluding tert-OH is 1. The van der Waals surface area contributed by atoms with Crippen molar-refractivity contribution in [1.29, 1.82) is 0 Å². The molecule has 1 atom stereocenters. The largest absolute Gasteiger partial charge is 0.462 e. The van der Waals surface area contributed by atoms with Crippen molar-refractivity contribution in [1.82, 2.24) is 0 Å². The van der Waals surface area contributed by atoms with E-state index in [9.17, 15) is 14.7 Å². The monoisotopic (exact) mass is 1240 g/mol. The van der Waals surface area contributed by atoms with Gasteiger partial charge < -0.3 is 14.6 Å². The number of hydrogen-bond acceptors (Lipinski definition) is 5. The third-order valence-corrected chi connectivity index (χ3v) is 19.6. The summed E-state index contributed by atoms with van der Waals surface area (Å²) in [6, 6.07) is 0. The fourth-order valence-electron chi connectivity index (χ4n) is 13.4. The van der Waals surface area contributed by atoms with Crippen LogP contribution in [0.15, 0.2) is 12.2 Å². The number of esters is 2. The molecule has 0 saturated heterocycles. The highest BCUT2D eigenvalue weighted by Crippen LogP contribution is 2.21. The minimum absolute atomic E-state index is 0.0559. The Morgan fingerprint density at radius 1 is 0.250 bits per heavy atom. The highest BCUT2D eigenvalue weighted by molar-refractivity contribution is 5.70. The minimum atomic E-state index is -0.768. The molecule has 1 unspecified atom stereocenters. The number of carbonyl (C=O) groups excluding carboxylic acids is 2. The molecule has 0 spiro atoms. The Hall–Kier alpha value is -1.36. The molecule has 1 N–H and O–H groups in total. The zero-order valence-corrected chi connectivity index (χ0v) is 60.6. The van der Waals surface area contributed by atoms with Crippen LogP contribution in [0, 0.1) is 0 Å². The molecule has 0 bridgehead atoms. The van der Waals surface area contributed by atoms with Crippen LogP contribution in [0.2, 0.25) is 0 Å². The summed E-state index contributed by atoms with van der Waals surface area (Å²) in [6.07, 6.45) is 105. The van der Waals surface area contributed by atoms with Gasteiger partial charge in [-0.25, -0.2) is 0 Å². The predicted molar refractivity (Wildman–Crippen MR) is 390 cm³/mol. The van der Waals surface area contributed by atoms with E-state index >= 15 is 0 Å². The molecule has 0 aromatic carbocycles. The van der Waals surface area contributed by atoms with Gasteiger partial charge in [0.05, 0.1) is 6.61 Å². The zero-order valence-electron chi connectivity index (χ0n) is 60.6. The summed E-state index contributed by atoms with van der Waals surface area (Å²) < 4.78 is 10.8. The van der Waals surface area contributed by atoms with Crippen LogP contribution in [0.4, 0.5) is 0 Å². The quantitative estimate of drug-likeness (QED) is 0.0373. The lowest BCUT2D eigenvalue weighted by Crippen LogP contribution is -2.28. The second-order valence-electron chi connectivity index (χ2n) is 28.6. The molecule has 0 aliphatic carbocycles. The van der Waals surface area contributed by atoms with Crippen LogP contribution < -0.4 is 0 Å². The molecule has 88 heavy (non-hydrogen) atoms. The molecule has 0 aromatic rings.